The number of thioether (sulfide) groups is 1. The molecule has 0 atom stereocenters. The van der Waals surface area contributed by atoms with Crippen molar-refractivity contribution in [2.75, 3.05) is 20.3 Å². The van der Waals surface area contributed by atoms with Crippen LogP contribution >= 0.6 is 35.0 Å². The fraction of sp³-hybridized carbons (Fsp3) is 0.185. The molecule has 3 aromatic carbocycles. The van der Waals surface area contributed by atoms with Gasteiger partial charge in [-0.2, -0.15) is 0 Å². The van der Waals surface area contributed by atoms with Crippen LogP contribution in [0, 0.1) is 6.92 Å². The number of aryl methyl sites for hydroxylation is 1. The second kappa shape index (κ2) is 11.7. The molecule has 4 rings (SSSR count). The van der Waals surface area contributed by atoms with Crippen LogP contribution in [0.4, 0.5) is 4.79 Å². The number of nitrogens with zero attached hydrogens (tertiary/aromatic N) is 1. The minimum Gasteiger partial charge on any atom is -0.493 e. The summed E-state index contributed by atoms with van der Waals surface area (Å²) in [6, 6.07) is 18.1. The van der Waals surface area contributed by atoms with Gasteiger partial charge in [-0.05, 0) is 55.1 Å². The van der Waals surface area contributed by atoms with Gasteiger partial charge < -0.3 is 14.2 Å². The van der Waals surface area contributed by atoms with Crippen LogP contribution in [-0.2, 0) is 11.4 Å². The molecule has 0 aliphatic carbocycles. The fourth-order valence-electron chi connectivity index (χ4n) is 3.47. The zero-order valence-corrected chi connectivity index (χ0v) is 22.0. The molecule has 1 saturated heterocycles. The SMILES string of the molecule is COc1cccc(/C=C2\SC(=O)N(CCOc3ccc(C)cc3)C2=O)c1OCc1ccc(Cl)cc1Cl. The van der Waals surface area contributed by atoms with Crippen LogP contribution in [0.15, 0.2) is 65.6 Å². The first-order valence-electron chi connectivity index (χ1n) is 11.0. The molecule has 9 heteroatoms. The summed E-state index contributed by atoms with van der Waals surface area (Å²) in [4.78, 5) is 27.0. The van der Waals surface area contributed by atoms with Gasteiger partial charge in [-0.1, -0.05) is 59.1 Å². The molecule has 0 bridgehead atoms. The van der Waals surface area contributed by atoms with Crippen LogP contribution in [0.1, 0.15) is 16.7 Å². The third kappa shape index (κ3) is 6.16. The summed E-state index contributed by atoms with van der Waals surface area (Å²) in [5, 5.41) is 0.659. The highest BCUT2D eigenvalue weighted by Gasteiger charge is 2.35. The number of ether oxygens (including phenoxy) is 3. The van der Waals surface area contributed by atoms with Gasteiger partial charge in [0.1, 0.15) is 19.0 Å². The van der Waals surface area contributed by atoms with Crippen LogP contribution in [0.25, 0.3) is 6.08 Å². The van der Waals surface area contributed by atoms with E-state index in [0.717, 1.165) is 22.9 Å². The Balaban J connectivity index is 1.48. The molecule has 0 unspecified atom stereocenters. The molecule has 1 fully saturated rings. The van der Waals surface area contributed by atoms with Gasteiger partial charge in [0, 0.05) is 21.2 Å². The van der Waals surface area contributed by atoms with Gasteiger partial charge in [0.15, 0.2) is 11.5 Å². The summed E-state index contributed by atoms with van der Waals surface area (Å²) >= 11 is 13.1. The first kappa shape index (κ1) is 25.9. The number of carbonyl (C=O) groups is 2. The molecular formula is C27H23Cl2NO5S. The van der Waals surface area contributed by atoms with E-state index in [1.54, 1.807) is 42.5 Å². The number of carbonyl (C=O) groups excluding carboxylic acids is 2. The zero-order valence-electron chi connectivity index (χ0n) is 19.6. The lowest BCUT2D eigenvalue weighted by Gasteiger charge is -2.15. The molecule has 0 spiro atoms. The summed E-state index contributed by atoms with van der Waals surface area (Å²) in [6.07, 6.45) is 1.63. The lowest BCUT2D eigenvalue weighted by atomic mass is 10.1. The van der Waals surface area contributed by atoms with Gasteiger partial charge in [-0.25, -0.2) is 0 Å². The number of rotatable bonds is 9. The Bertz CT molecular complexity index is 1310. The van der Waals surface area contributed by atoms with E-state index in [2.05, 4.69) is 0 Å². The predicted octanol–water partition coefficient (Wildman–Crippen LogP) is 7.00. The second-order valence-corrected chi connectivity index (χ2v) is 9.73. The number of hydrogen-bond acceptors (Lipinski definition) is 6. The molecule has 0 N–H and O–H groups in total. The van der Waals surface area contributed by atoms with Gasteiger partial charge in [-0.3, -0.25) is 14.5 Å². The van der Waals surface area contributed by atoms with Crippen molar-refractivity contribution in [2.45, 2.75) is 13.5 Å². The minimum absolute atomic E-state index is 0.145. The molecule has 186 valence electrons. The maximum Gasteiger partial charge on any atom is 0.293 e. The van der Waals surface area contributed by atoms with Gasteiger partial charge in [0.2, 0.25) is 0 Å². The van der Waals surface area contributed by atoms with Crippen molar-refractivity contribution < 1.29 is 23.8 Å². The number of para-hydroxylation sites is 1. The third-order valence-corrected chi connectivity index (χ3v) is 6.88. The van der Waals surface area contributed by atoms with Crippen molar-refractivity contribution in [1.82, 2.24) is 4.90 Å². The van der Waals surface area contributed by atoms with Gasteiger partial charge in [0.25, 0.3) is 11.1 Å². The number of imide groups is 1. The average molecular weight is 544 g/mol. The van der Waals surface area contributed by atoms with Gasteiger partial charge >= 0.3 is 0 Å². The molecule has 0 radical (unpaired) electrons. The van der Waals surface area contributed by atoms with Gasteiger partial charge in [-0.15, -0.1) is 0 Å². The molecule has 2 amide bonds. The largest absolute Gasteiger partial charge is 0.493 e. The Morgan fingerprint density at radius 2 is 1.78 bits per heavy atom. The summed E-state index contributed by atoms with van der Waals surface area (Å²) in [5.41, 5.74) is 2.46. The Labute approximate surface area is 223 Å². The Morgan fingerprint density at radius 3 is 2.50 bits per heavy atom. The molecule has 0 aromatic heterocycles. The van der Waals surface area contributed by atoms with Crippen molar-refractivity contribution in [2.24, 2.45) is 0 Å². The highest BCUT2D eigenvalue weighted by Crippen LogP contribution is 2.38. The maximum absolute atomic E-state index is 13.0. The number of amides is 2. The highest BCUT2D eigenvalue weighted by atomic mass is 35.5. The Hall–Kier alpha value is -3.13. The average Bonchev–Trinajstić information content (AvgIpc) is 3.12. The van der Waals surface area contributed by atoms with Crippen LogP contribution in [-0.4, -0.2) is 36.3 Å². The number of methoxy groups -OCH3 is 1. The molecule has 6 nitrogen and oxygen atoms in total. The fourth-order valence-corrected chi connectivity index (χ4v) is 4.79. The smallest absolute Gasteiger partial charge is 0.293 e. The quantitative estimate of drug-likeness (QED) is 0.270. The van der Waals surface area contributed by atoms with Crippen LogP contribution in [0.5, 0.6) is 17.2 Å². The van der Waals surface area contributed by atoms with Crippen molar-refractivity contribution in [3.05, 3.63) is 92.3 Å². The summed E-state index contributed by atoms with van der Waals surface area (Å²) in [5.74, 6) is 1.22. The molecule has 3 aromatic rings. The van der Waals surface area contributed by atoms with E-state index < -0.39 is 0 Å². The molecule has 1 aliphatic heterocycles. The summed E-state index contributed by atoms with van der Waals surface area (Å²) in [7, 11) is 1.53. The number of benzene rings is 3. The monoisotopic (exact) mass is 543 g/mol. The lowest BCUT2D eigenvalue weighted by Crippen LogP contribution is -2.32. The Morgan fingerprint density at radius 1 is 1.00 bits per heavy atom. The molecular weight excluding hydrogens is 521 g/mol. The van der Waals surface area contributed by atoms with Crippen LogP contribution in [0.3, 0.4) is 0 Å². The van der Waals surface area contributed by atoms with E-state index in [-0.39, 0.29) is 35.8 Å². The maximum atomic E-state index is 13.0. The minimum atomic E-state index is -0.382. The normalized spacial score (nSPS) is 14.4. The predicted molar refractivity (Wildman–Crippen MR) is 143 cm³/mol. The van der Waals surface area contributed by atoms with Crippen molar-refractivity contribution in [3.8, 4) is 17.2 Å². The molecule has 36 heavy (non-hydrogen) atoms. The van der Waals surface area contributed by atoms with E-state index in [4.69, 9.17) is 37.4 Å². The second-order valence-electron chi connectivity index (χ2n) is 7.90. The zero-order chi connectivity index (χ0) is 25.7. The topological polar surface area (TPSA) is 65.1 Å². The highest BCUT2D eigenvalue weighted by molar-refractivity contribution is 8.18. The van der Waals surface area contributed by atoms with E-state index in [1.165, 1.54) is 12.0 Å². The lowest BCUT2D eigenvalue weighted by molar-refractivity contribution is -0.123. The third-order valence-electron chi connectivity index (χ3n) is 5.38. The first-order chi connectivity index (χ1) is 17.4. The van der Waals surface area contributed by atoms with E-state index in [9.17, 15) is 9.59 Å². The van der Waals surface area contributed by atoms with Gasteiger partial charge in [0.05, 0.1) is 18.6 Å². The van der Waals surface area contributed by atoms with Crippen molar-refractivity contribution >= 4 is 52.2 Å². The molecule has 0 saturated carbocycles. The first-order valence-corrected chi connectivity index (χ1v) is 12.6. The summed E-state index contributed by atoms with van der Waals surface area (Å²) in [6.45, 7) is 2.49. The number of halogens is 2. The summed E-state index contributed by atoms with van der Waals surface area (Å²) < 4.78 is 17.2. The Kier molecular flexibility index (Phi) is 8.46. The van der Waals surface area contributed by atoms with Crippen molar-refractivity contribution in [1.29, 1.82) is 0 Å². The molecule has 1 heterocycles. The number of hydrogen-bond donors (Lipinski definition) is 0. The van der Waals surface area contributed by atoms with Crippen molar-refractivity contribution in [3.63, 3.8) is 0 Å². The standard InChI is InChI=1S/C27H23Cl2NO5S/c1-17-6-10-21(11-7-17)34-13-12-30-26(31)24(36-27(30)32)14-18-4-3-5-23(33-2)25(18)35-16-19-8-9-20(28)15-22(19)29/h3-11,14-15H,12-13,16H2,1-2H3/b24-14-. The van der Waals surface area contributed by atoms with E-state index in [0.29, 0.717) is 32.9 Å². The van der Waals surface area contributed by atoms with E-state index >= 15 is 0 Å². The van der Waals surface area contributed by atoms with E-state index in [1.807, 2.05) is 31.2 Å². The van der Waals surface area contributed by atoms with Crippen LogP contribution < -0.4 is 14.2 Å². The van der Waals surface area contributed by atoms with Crippen LogP contribution in [0.2, 0.25) is 10.0 Å². The molecule has 1 aliphatic rings.